The van der Waals surface area contributed by atoms with Crippen LogP contribution in [0.25, 0.3) is 0 Å². The van der Waals surface area contributed by atoms with E-state index in [1.54, 1.807) is 4.90 Å². The van der Waals surface area contributed by atoms with Gasteiger partial charge in [0.1, 0.15) is 0 Å². The first-order valence-electron chi connectivity index (χ1n) is 10.7. The monoisotopic (exact) mass is 426 g/mol. The van der Waals surface area contributed by atoms with Gasteiger partial charge in [-0.05, 0) is 38.1 Å². The quantitative estimate of drug-likeness (QED) is 0.785. The Morgan fingerprint density at radius 2 is 1.83 bits per heavy atom. The zero-order valence-corrected chi connectivity index (χ0v) is 17.2. The van der Waals surface area contributed by atoms with Gasteiger partial charge in [-0.1, -0.05) is 12.8 Å². The summed E-state index contributed by atoms with van der Waals surface area (Å²) in [6.07, 6.45) is -0.538. The highest BCUT2D eigenvalue weighted by Crippen LogP contribution is 2.36. The molecule has 1 N–H and O–H groups in total. The SMILES string of the molecule is CN1CCN(c2ccc(C(F)(F)F)cc2NC(=O)N2CCO[C@H]3CCCC[C@H]32)CC1. The molecule has 2 aliphatic heterocycles. The van der Waals surface area contributed by atoms with Crippen molar-refractivity contribution in [3.63, 3.8) is 0 Å². The van der Waals surface area contributed by atoms with E-state index in [1.807, 2.05) is 11.9 Å². The van der Waals surface area contributed by atoms with E-state index in [9.17, 15) is 18.0 Å². The number of piperazine rings is 1. The van der Waals surface area contributed by atoms with Gasteiger partial charge in [-0.25, -0.2) is 4.79 Å². The number of urea groups is 1. The van der Waals surface area contributed by atoms with E-state index in [2.05, 4.69) is 10.2 Å². The number of carbonyl (C=O) groups is 1. The number of rotatable bonds is 2. The number of halogens is 3. The predicted octanol–water partition coefficient (Wildman–Crippen LogP) is 3.63. The van der Waals surface area contributed by atoms with Crippen LogP contribution in [0.3, 0.4) is 0 Å². The van der Waals surface area contributed by atoms with Crippen molar-refractivity contribution in [2.45, 2.75) is 44.0 Å². The first-order chi connectivity index (χ1) is 14.3. The second kappa shape index (κ2) is 8.63. The van der Waals surface area contributed by atoms with Crippen molar-refractivity contribution in [3.05, 3.63) is 23.8 Å². The molecule has 0 radical (unpaired) electrons. The number of nitrogens with one attached hydrogen (secondary N) is 1. The van der Waals surface area contributed by atoms with Gasteiger partial charge in [0.15, 0.2) is 0 Å². The highest BCUT2D eigenvalue weighted by Gasteiger charge is 2.37. The lowest BCUT2D eigenvalue weighted by atomic mass is 9.90. The third kappa shape index (κ3) is 4.51. The van der Waals surface area contributed by atoms with E-state index in [4.69, 9.17) is 4.74 Å². The van der Waals surface area contributed by atoms with Gasteiger partial charge < -0.3 is 24.8 Å². The van der Waals surface area contributed by atoms with E-state index < -0.39 is 11.7 Å². The minimum atomic E-state index is -4.46. The van der Waals surface area contributed by atoms with E-state index >= 15 is 0 Å². The molecule has 0 unspecified atom stereocenters. The number of benzene rings is 1. The number of hydrogen-bond donors (Lipinski definition) is 1. The lowest BCUT2D eigenvalue weighted by Gasteiger charge is -2.43. The summed E-state index contributed by atoms with van der Waals surface area (Å²) in [5, 5.41) is 2.81. The molecule has 0 aromatic heterocycles. The van der Waals surface area contributed by atoms with Gasteiger partial charge in [-0.2, -0.15) is 13.2 Å². The van der Waals surface area contributed by atoms with Gasteiger partial charge >= 0.3 is 12.2 Å². The lowest BCUT2D eigenvalue weighted by molar-refractivity contribution is -0.137. The van der Waals surface area contributed by atoms with Gasteiger partial charge in [-0.3, -0.25) is 0 Å². The van der Waals surface area contributed by atoms with Crippen molar-refractivity contribution in [1.82, 2.24) is 9.80 Å². The number of morpholine rings is 1. The first-order valence-corrected chi connectivity index (χ1v) is 10.7. The van der Waals surface area contributed by atoms with Gasteiger partial charge in [0.2, 0.25) is 0 Å². The Balaban J connectivity index is 1.58. The number of anilines is 2. The minimum Gasteiger partial charge on any atom is -0.374 e. The van der Waals surface area contributed by atoms with Crippen LogP contribution in [0.2, 0.25) is 0 Å². The van der Waals surface area contributed by atoms with E-state index in [-0.39, 0.29) is 23.9 Å². The Labute approximate surface area is 174 Å². The molecule has 9 heteroatoms. The molecule has 2 heterocycles. The third-order valence-corrected chi connectivity index (χ3v) is 6.40. The minimum absolute atomic E-state index is 0.00890. The molecular formula is C21H29F3N4O2. The smallest absolute Gasteiger partial charge is 0.374 e. The van der Waals surface area contributed by atoms with Crippen LogP contribution in [0, 0.1) is 0 Å². The van der Waals surface area contributed by atoms with Crippen LogP contribution in [0.5, 0.6) is 0 Å². The molecule has 1 aliphatic carbocycles. The second-order valence-corrected chi connectivity index (χ2v) is 8.40. The molecule has 2 amide bonds. The summed E-state index contributed by atoms with van der Waals surface area (Å²) in [5.41, 5.74) is 0.101. The van der Waals surface area contributed by atoms with Crippen molar-refractivity contribution in [1.29, 1.82) is 0 Å². The number of fused-ring (bicyclic) bond motifs is 1. The van der Waals surface area contributed by atoms with Gasteiger partial charge in [0.05, 0.1) is 35.7 Å². The first kappa shape index (κ1) is 21.2. The Hall–Kier alpha value is -2.00. The van der Waals surface area contributed by atoms with E-state index in [1.165, 1.54) is 6.07 Å². The third-order valence-electron chi connectivity index (χ3n) is 6.40. The van der Waals surface area contributed by atoms with Gasteiger partial charge in [-0.15, -0.1) is 0 Å². The molecule has 3 fully saturated rings. The van der Waals surface area contributed by atoms with E-state index in [0.717, 1.165) is 50.9 Å². The molecule has 30 heavy (non-hydrogen) atoms. The molecule has 4 rings (SSSR count). The average Bonchev–Trinajstić information content (AvgIpc) is 2.73. The maximum Gasteiger partial charge on any atom is 0.416 e. The fraction of sp³-hybridized carbons (Fsp3) is 0.667. The molecular weight excluding hydrogens is 397 g/mol. The summed E-state index contributed by atoms with van der Waals surface area (Å²) in [6.45, 7) is 3.96. The molecule has 2 atom stereocenters. The highest BCUT2D eigenvalue weighted by atomic mass is 19.4. The maximum atomic E-state index is 13.3. The molecule has 2 saturated heterocycles. The van der Waals surface area contributed by atoms with Crippen LogP contribution in [0.1, 0.15) is 31.2 Å². The molecule has 6 nitrogen and oxygen atoms in total. The zero-order chi connectivity index (χ0) is 21.3. The number of nitrogens with zero attached hydrogens (tertiary/aromatic N) is 3. The molecule has 1 aromatic rings. The summed E-state index contributed by atoms with van der Waals surface area (Å²) in [4.78, 5) is 19.1. The predicted molar refractivity (Wildman–Crippen MR) is 109 cm³/mol. The van der Waals surface area contributed by atoms with Crippen molar-refractivity contribution < 1.29 is 22.7 Å². The topological polar surface area (TPSA) is 48.0 Å². The fourth-order valence-electron chi connectivity index (χ4n) is 4.67. The van der Waals surface area contributed by atoms with Crippen LogP contribution in [-0.2, 0) is 10.9 Å². The van der Waals surface area contributed by atoms with Gasteiger partial charge in [0.25, 0.3) is 0 Å². The average molecular weight is 426 g/mol. The van der Waals surface area contributed by atoms with Crippen LogP contribution >= 0.6 is 0 Å². The number of carbonyl (C=O) groups excluding carboxylic acids is 1. The second-order valence-electron chi connectivity index (χ2n) is 8.40. The Morgan fingerprint density at radius 1 is 1.10 bits per heavy atom. The summed E-state index contributed by atoms with van der Waals surface area (Å²) in [5.74, 6) is 0. The van der Waals surface area contributed by atoms with Crippen LogP contribution in [0.15, 0.2) is 18.2 Å². The lowest BCUT2D eigenvalue weighted by Crippen LogP contribution is -2.56. The molecule has 166 valence electrons. The summed E-state index contributed by atoms with van der Waals surface area (Å²) in [6, 6.07) is 3.28. The largest absolute Gasteiger partial charge is 0.416 e. The molecule has 1 saturated carbocycles. The van der Waals surface area contributed by atoms with E-state index in [0.29, 0.717) is 31.9 Å². The van der Waals surface area contributed by atoms with Crippen LogP contribution < -0.4 is 10.2 Å². The number of amides is 2. The molecule has 0 bridgehead atoms. The summed E-state index contributed by atoms with van der Waals surface area (Å²) >= 11 is 0. The number of alkyl halides is 3. The number of ether oxygens (including phenoxy) is 1. The molecule has 0 spiro atoms. The Morgan fingerprint density at radius 3 is 2.57 bits per heavy atom. The summed E-state index contributed by atoms with van der Waals surface area (Å²) in [7, 11) is 2.02. The van der Waals surface area contributed by atoms with Crippen molar-refractivity contribution in [2.24, 2.45) is 0 Å². The number of likely N-dealkylation sites (N-methyl/N-ethyl adjacent to an activating group) is 1. The van der Waals surface area contributed by atoms with Crippen molar-refractivity contribution in [2.75, 3.05) is 56.6 Å². The Kier molecular flexibility index (Phi) is 6.11. The zero-order valence-electron chi connectivity index (χ0n) is 17.2. The maximum absolute atomic E-state index is 13.3. The molecule has 3 aliphatic rings. The normalized spacial score (nSPS) is 25.7. The summed E-state index contributed by atoms with van der Waals surface area (Å²) < 4.78 is 45.9. The van der Waals surface area contributed by atoms with Crippen molar-refractivity contribution in [3.8, 4) is 0 Å². The van der Waals surface area contributed by atoms with Crippen molar-refractivity contribution >= 4 is 17.4 Å². The van der Waals surface area contributed by atoms with Crippen LogP contribution in [-0.4, -0.2) is 74.4 Å². The highest BCUT2D eigenvalue weighted by molar-refractivity contribution is 5.94. The fourth-order valence-corrected chi connectivity index (χ4v) is 4.67. The Bertz CT molecular complexity index is 763. The number of hydrogen-bond acceptors (Lipinski definition) is 4. The molecule has 1 aromatic carbocycles. The van der Waals surface area contributed by atoms with Crippen LogP contribution in [0.4, 0.5) is 29.3 Å². The van der Waals surface area contributed by atoms with Gasteiger partial charge in [0, 0.05) is 32.7 Å². The standard InChI is InChI=1S/C21H29F3N4O2/c1-26-8-10-27(11-9-26)17-7-6-15(21(22,23)24)14-16(17)25-20(29)28-12-13-30-19-5-3-2-4-18(19)28/h6-7,14,18-19H,2-5,8-13H2,1H3,(H,25,29)/t18-,19+/m1/s1.